The Morgan fingerprint density at radius 3 is 2.56 bits per heavy atom. The topological polar surface area (TPSA) is 26.0 Å². The van der Waals surface area contributed by atoms with Gasteiger partial charge in [0.25, 0.3) is 0 Å². The minimum absolute atomic E-state index is 0.0457. The predicted molar refractivity (Wildman–Crippen MR) is 80.5 cm³/mol. The maximum absolute atomic E-state index is 6.26. The molecular formula is C15H18ClNS. The Balaban J connectivity index is 2.11. The average molecular weight is 280 g/mol. The third-order valence-electron chi connectivity index (χ3n) is 3.10. The second-order valence-corrected chi connectivity index (χ2v) is 6.20. The first-order chi connectivity index (χ1) is 8.60. The highest BCUT2D eigenvalue weighted by molar-refractivity contribution is 7.11. The van der Waals surface area contributed by atoms with Gasteiger partial charge in [0.2, 0.25) is 0 Å². The van der Waals surface area contributed by atoms with Crippen LogP contribution in [0.25, 0.3) is 0 Å². The summed E-state index contributed by atoms with van der Waals surface area (Å²) >= 11 is 7.89. The van der Waals surface area contributed by atoms with Crippen LogP contribution < -0.4 is 5.73 Å². The molecule has 0 aliphatic heterocycles. The Hall–Kier alpha value is -0.830. The lowest BCUT2D eigenvalue weighted by Crippen LogP contribution is -2.12. The predicted octanol–water partition coefficient (Wildman–Crippen LogP) is 4.51. The van der Waals surface area contributed by atoms with Crippen LogP contribution in [0.5, 0.6) is 0 Å². The van der Waals surface area contributed by atoms with E-state index >= 15 is 0 Å². The molecule has 0 fully saturated rings. The van der Waals surface area contributed by atoms with Crippen molar-refractivity contribution in [3.8, 4) is 0 Å². The van der Waals surface area contributed by atoms with Crippen LogP contribution in [-0.4, -0.2) is 0 Å². The molecule has 0 amide bonds. The Labute approximate surface area is 118 Å². The van der Waals surface area contributed by atoms with Crippen LogP contribution in [0.3, 0.4) is 0 Å². The summed E-state index contributed by atoms with van der Waals surface area (Å²) in [6.07, 6.45) is 1.99. The number of rotatable bonds is 4. The fourth-order valence-electron chi connectivity index (χ4n) is 1.96. The molecule has 2 N–H and O–H groups in total. The van der Waals surface area contributed by atoms with E-state index in [1.54, 1.807) is 0 Å². The van der Waals surface area contributed by atoms with Gasteiger partial charge < -0.3 is 5.73 Å². The lowest BCUT2D eigenvalue weighted by molar-refractivity contribution is 0.729. The Morgan fingerprint density at radius 2 is 1.94 bits per heavy atom. The highest BCUT2D eigenvalue weighted by atomic mass is 35.5. The Bertz CT molecular complexity index is 533. The van der Waals surface area contributed by atoms with Crippen LogP contribution in [0.15, 0.2) is 30.3 Å². The van der Waals surface area contributed by atoms with Crippen molar-refractivity contribution in [2.24, 2.45) is 5.73 Å². The zero-order valence-electron chi connectivity index (χ0n) is 10.7. The smallest absolute Gasteiger partial charge is 0.0435 e. The highest BCUT2D eigenvalue weighted by Gasteiger charge is 2.10. The van der Waals surface area contributed by atoms with E-state index in [0.717, 1.165) is 29.0 Å². The minimum atomic E-state index is 0.0457. The van der Waals surface area contributed by atoms with Crippen molar-refractivity contribution in [3.63, 3.8) is 0 Å². The molecule has 1 nitrogen and oxygen atoms in total. The molecule has 2 rings (SSSR count). The van der Waals surface area contributed by atoms with Gasteiger partial charge in [-0.2, -0.15) is 0 Å². The molecule has 0 radical (unpaired) electrons. The van der Waals surface area contributed by atoms with Crippen molar-refractivity contribution in [2.45, 2.75) is 32.7 Å². The number of thiophene rings is 1. The number of nitrogens with two attached hydrogens (primary N) is 1. The van der Waals surface area contributed by atoms with Gasteiger partial charge in [-0.25, -0.2) is 0 Å². The molecular weight excluding hydrogens is 262 g/mol. The van der Waals surface area contributed by atoms with E-state index in [2.05, 4.69) is 25.1 Å². The Morgan fingerprint density at radius 1 is 1.22 bits per heavy atom. The van der Waals surface area contributed by atoms with E-state index in [4.69, 9.17) is 17.3 Å². The van der Waals surface area contributed by atoms with Crippen LogP contribution in [0, 0.1) is 6.92 Å². The van der Waals surface area contributed by atoms with Crippen molar-refractivity contribution in [1.82, 2.24) is 0 Å². The SMILES string of the molecule is CCc1ccc(CC(N)c2ccc(Cl)c(C)c2)s1. The molecule has 2 aromatic rings. The van der Waals surface area contributed by atoms with Crippen LogP contribution >= 0.6 is 22.9 Å². The summed E-state index contributed by atoms with van der Waals surface area (Å²) in [7, 11) is 0. The number of hydrogen-bond donors (Lipinski definition) is 1. The molecule has 3 heteroatoms. The van der Waals surface area contributed by atoms with Crippen LogP contribution in [0.1, 0.15) is 33.8 Å². The molecule has 1 unspecified atom stereocenters. The summed E-state index contributed by atoms with van der Waals surface area (Å²) < 4.78 is 0. The summed E-state index contributed by atoms with van der Waals surface area (Å²) in [4.78, 5) is 2.77. The maximum Gasteiger partial charge on any atom is 0.0435 e. The Kier molecular flexibility index (Phi) is 4.44. The largest absolute Gasteiger partial charge is 0.324 e. The number of hydrogen-bond acceptors (Lipinski definition) is 2. The summed E-state index contributed by atoms with van der Waals surface area (Å²) in [6, 6.07) is 10.5. The molecule has 1 heterocycles. The summed E-state index contributed by atoms with van der Waals surface area (Å²) in [5.74, 6) is 0. The van der Waals surface area contributed by atoms with E-state index in [1.807, 2.05) is 30.4 Å². The first kappa shape index (κ1) is 13.6. The van der Waals surface area contributed by atoms with Crippen molar-refractivity contribution < 1.29 is 0 Å². The van der Waals surface area contributed by atoms with Gasteiger partial charge in [-0.3, -0.25) is 0 Å². The summed E-state index contributed by atoms with van der Waals surface area (Å²) in [5.41, 5.74) is 8.50. The van der Waals surface area contributed by atoms with Gasteiger partial charge in [-0.15, -0.1) is 11.3 Å². The standard InChI is InChI=1S/C15H18ClNS/c1-3-12-5-6-13(18-12)9-15(17)11-4-7-14(16)10(2)8-11/h4-8,15H,3,9,17H2,1-2H3. The lowest BCUT2D eigenvalue weighted by Gasteiger charge is -2.12. The molecule has 0 aliphatic rings. The van der Waals surface area contributed by atoms with Gasteiger partial charge in [0, 0.05) is 27.2 Å². The third kappa shape index (κ3) is 3.14. The quantitative estimate of drug-likeness (QED) is 0.875. The van der Waals surface area contributed by atoms with Gasteiger partial charge in [0.15, 0.2) is 0 Å². The molecule has 0 spiro atoms. The van der Waals surface area contributed by atoms with Crippen molar-refractivity contribution in [3.05, 3.63) is 56.2 Å². The van der Waals surface area contributed by atoms with Crippen molar-refractivity contribution in [2.75, 3.05) is 0 Å². The van der Waals surface area contributed by atoms with E-state index < -0.39 is 0 Å². The van der Waals surface area contributed by atoms with Gasteiger partial charge in [0.1, 0.15) is 0 Å². The molecule has 1 aromatic heterocycles. The second kappa shape index (κ2) is 5.87. The van der Waals surface area contributed by atoms with Gasteiger partial charge in [-0.05, 0) is 42.7 Å². The third-order valence-corrected chi connectivity index (χ3v) is 4.77. The first-order valence-corrected chi connectivity index (χ1v) is 7.38. The van der Waals surface area contributed by atoms with Crippen molar-refractivity contribution in [1.29, 1.82) is 0 Å². The average Bonchev–Trinajstić information content (AvgIpc) is 2.80. The van der Waals surface area contributed by atoms with E-state index in [9.17, 15) is 0 Å². The van der Waals surface area contributed by atoms with Gasteiger partial charge in [0.05, 0.1) is 0 Å². The fraction of sp³-hybridized carbons (Fsp3) is 0.333. The van der Waals surface area contributed by atoms with E-state index in [1.165, 1.54) is 9.75 Å². The molecule has 1 atom stereocenters. The normalized spacial score (nSPS) is 12.7. The van der Waals surface area contributed by atoms with Crippen LogP contribution in [0.2, 0.25) is 5.02 Å². The molecule has 0 aliphatic carbocycles. The monoisotopic (exact) mass is 279 g/mol. The lowest BCUT2D eigenvalue weighted by atomic mass is 10.0. The molecule has 0 saturated heterocycles. The molecule has 18 heavy (non-hydrogen) atoms. The summed E-state index contributed by atoms with van der Waals surface area (Å²) in [6.45, 7) is 4.19. The molecule has 1 aromatic carbocycles. The zero-order chi connectivity index (χ0) is 13.1. The number of benzene rings is 1. The fourth-order valence-corrected chi connectivity index (χ4v) is 3.09. The molecule has 96 valence electrons. The van der Waals surface area contributed by atoms with Gasteiger partial charge >= 0.3 is 0 Å². The van der Waals surface area contributed by atoms with Crippen LogP contribution in [0.4, 0.5) is 0 Å². The first-order valence-electron chi connectivity index (χ1n) is 6.19. The number of halogens is 1. The van der Waals surface area contributed by atoms with Crippen molar-refractivity contribution >= 4 is 22.9 Å². The second-order valence-electron chi connectivity index (χ2n) is 4.54. The molecule has 0 bridgehead atoms. The summed E-state index contributed by atoms with van der Waals surface area (Å²) in [5, 5.41) is 0.801. The van der Waals surface area contributed by atoms with E-state index in [0.29, 0.717) is 0 Å². The van der Waals surface area contributed by atoms with Gasteiger partial charge in [-0.1, -0.05) is 30.7 Å². The maximum atomic E-state index is 6.26. The van der Waals surface area contributed by atoms with E-state index in [-0.39, 0.29) is 6.04 Å². The van der Waals surface area contributed by atoms with Crippen LogP contribution in [-0.2, 0) is 12.8 Å². The number of aryl methyl sites for hydroxylation is 2. The highest BCUT2D eigenvalue weighted by Crippen LogP contribution is 2.25. The zero-order valence-corrected chi connectivity index (χ0v) is 12.3. The minimum Gasteiger partial charge on any atom is -0.324 e. The molecule has 0 saturated carbocycles.